The number of rotatable bonds is 13. The normalized spacial score (nSPS) is 12.2. The first-order valence-corrected chi connectivity index (χ1v) is 14.5. The molecule has 0 aromatic heterocycles. The molecule has 0 aliphatic rings. The van der Waals surface area contributed by atoms with E-state index in [9.17, 15) is 18.0 Å². The van der Waals surface area contributed by atoms with Crippen LogP contribution in [0.1, 0.15) is 61.8 Å². The molecule has 0 spiro atoms. The summed E-state index contributed by atoms with van der Waals surface area (Å²) in [6, 6.07) is 13.0. The maximum Gasteiger partial charge on any atom is 0.242 e. The molecule has 36 heavy (non-hydrogen) atoms. The topological polar surface area (TPSA) is 86.8 Å². The van der Waals surface area contributed by atoms with Crippen molar-refractivity contribution in [1.82, 2.24) is 10.2 Å². The Morgan fingerprint density at radius 1 is 0.972 bits per heavy atom. The van der Waals surface area contributed by atoms with Crippen molar-refractivity contribution >= 4 is 27.5 Å². The van der Waals surface area contributed by atoms with Crippen LogP contribution in [0.2, 0.25) is 0 Å². The van der Waals surface area contributed by atoms with Crippen LogP contribution in [-0.2, 0) is 26.2 Å². The Morgan fingerprint density at radius 3 is 2.19 bits per heavy atom. The second kappa shape index (κ2) is 13.4. The van der Waals surface area contributed by atoms with Gasteiger partial charge in [-0.1, -0.05) is 55.8 Å². The molecule has 0 saturated carbocycles. The minimum Gasteiger partial charge on any atom is -0.354 e. The zero-order valence-corrected chi connectivity index (χ0v) is 23.3. The third kappa shape index (κ3) is 8.36. The maximum atomic E-state index is 13.5. The van der Waals surface area contributed by atoms with Gasteiger partial charge in [-0.05, 0) is 62.8 Å². The third-order valence-corrected chi connectivity index (χ3v) is 7.37. The standard InChI is InChI=1S/C28H41N3O4S/c1-7-17-29-28(33)25(8-2)30(20-24-15-12-21(3)13-16-24)27(32)10-9-18-31(36(6,34)35)26-19-22(4)11-14-23(26)5/h11-16,19,25H,7-10,17-18,20H2,1-6H3,(H,29,33). The lowest BCUT2D eigenvalue weighted by atomic mass is 10.1. The molecule has 0 aliphatic heterocycles. The van der Waals surface area contributed by atoms with Gasteiger partial charge < -0.3 is 10.2 Å². The van der Waals surface area contributed by atoms with Crippen LogP contribution in [-0.4, -0.2) is 50.5 Å². The van der Waals surface area contributed by atoms with Gasteiger partial charge in [-0.3, -0.25) is 13.9 Å². The Kier molecular flexibility index (Phi) is 11.0. The molecule has 0 radical (unpaired) electrons. The fraction of sp³-hybridized carbons (Fsp3) is 0.500. The van der Waals surface area contributed by atoms with E-state index in [-0.39, 0.29) is 24.8 Å². The number of hydrogen-bond acceptors (Lipinski definition) is 4. The molecule has 8 heteroatoms. The summed E-state index contributed by atoms with van der Waals surface area (Å²) in [4.78, 5) is 28.0. The highest BCUT2D eigenvalue weighted by molar-refractivity contribution is 7.92. The highest BCUT2D eigenvalue weighted by atomic mass is 32.2. The second-order valence-corrected chi connectivity index (χ2v) is 11.4. The van der Waals surface area contributed by atoms with Gasteiger partial charge in [0, 0.05) is 26.1 Å². The van der Waals surface area contributed by atoms with Crippen molar-refractivity contribution in [2.45, 2.75) is 72.9 Å². The molecule has 2 rings (SSSR count). The number of benzene rings is 2. The van der Waals surface area contributed by atoms with Gasteiger partial charge in [-0.25, -0.2) is 8.42 Å². The van der Waals surface area contributed by atoms with Crippen LogP contribution < -0.4 is 9.62 Å². The van der Waals surface area contributed by atoms with E-state index < -0.39 is 16.1 Å². The third-order valence-electron chi connectivity index (χ3n) is 6.19. The van der Waals surface area contributed by atoms with Crippen molar-refractivity contribution < 1.29 is 18.0 Å². The Morgan fingerprint density at radius 2 is 1.61 bits per heavy atom. The lowest BCUT2D eigenvalue weighted by molar-refractivity contribution is -0.141. The predicted molar refractivity (Wildman–Crippen MR) is 146 cm³/mol. The van der Waals surface area contributed by atoms with Crippen LogP contribution in [0.4, 0.5) is 5.69 Å². The van der Waals surface area contributed by atoms with Crippen molar-refractivity contribution in [1.29, 1.82) is 0 Å². The van der Waals surface area contributed by atoms with Gasteiger partial charge >= 0.3 is 0 Å². The van der Waals surface area contributed by atoms with E-state index in [4.69, 9.17) is 0 Å². The number of sulfonamides is 1. The summed E-state index contributed by atoms with van der Waals surface area (Å²) in [5.41, 5.74) is 4.53. The Hall–Kier alpha value is -2.87. The summed E-state index contributed by atoms with van der Waals surface area (Å²) in [6.45, 7) is 10.8. The molecule has 7 nitrogen and oxygen atoms in total. The highest BCUT2D eigenvalue weighted by Crippen LogP contribution is 2.25. The molecule has 0 fully saturated rings. The van der Waals surface area contributed by atoms with E-state index in [0.717, 1.165) is 28.7 Å². The van der Waals surface area contributed by atoms with E-state index in [0.29, 0.717) is 31.6 Å². The van der Waals surface area contributed by atoms with Gasteiger partial charge in [-0.15, -0.1) is 0 Å². The lowest BCUT2D eigenvalue weighted by Crippen LogP contribution is -2.49. The number of aryl methyl sites for hydroxylation is 3. The van der Waals surface area contributed by atoms with Crippen molar-refractivity contribution in [3.8, 4) is 0 Å². The Balaban J connectivity index is 2.23. The fourth-order valence-corrected chi connectivity index (χ4v) is 5.16. The highest BCUT2D eigenvalue weighted by Gasteiger charge is 2.28. The van der Waals surface area contributed by atoms with Crippen molar-refractivity contribution in [2.75, 3.05) is 23.7 Å². The molecule has 2 aromatic carbocycles. The van der Waals surface area contributed by atoms with E-state index >= 15 is 0 Å². The molecule has 1 atom stereocenters. The number of nitrogens with zero attached hydrogens (tertiary/aromatic N) is 2. The van der Waals surface area contributed by atoms with Crippen LogP contribution in [0.25, 0.3) is 0 Å². The molecular weight excluding hydrogens is 474 g/mol. The lowest BCUT2D eigenvalue weighted by Gasteiger charge is -2.31. The molecule has 1 N–H and O–H groups in total. The number of carbonyl (C=O) groups excluding carboxylic acids is 2. The number of nitrogens with one attached hydrogen (secondary N) is 1. The summed E-state index contributed by atoms with van der Waals surface area (Å²) < 4.78 is 26.6. The van der Waals surface area contributed by atoms with Crippen LogP contribution in [0.3, 0.4) is 0 Å². The quantitative estimate of drug-likeness (QED) is 0.426. The van der Waals surface area contributed by atoms with E-state index in [2.05, 4.69) is 5.32 Å². The van der Waals surface area contributed by atoms with Gasteiger partial charge in [0.2, 0.25) is 21.8 Å². The summed E-state index contributed by atoms with van der Waals surface area (Å²) in [6.07, 6.45) is 2.97. The van der Waals surface area contributed by atoms with Crippen LogP contribution >= 0.6 is 0 Å². The minimum atomic E-state index is -3.53. The van der Waals surface area contributed by atoms with Crippen molar-refractivity contribution in [3.05, 3.63) is 64.7 Å². The number of hydrogen-bond donors (Lipinski definition) is 1. The largest absolute Gasteiger partial charge is 0.354 e. The molecular formula is C28H41N3O4S. The van der Waals surface area contributed by atoms with Gasteiger partial charge in [0.1, 0.15) is 6.04 Å². The smallest absolute Gasteiger partial charge is 0.242 e. The SMILES string of the molecule is CCCNC(=O)C(CC)N(Cc1ccc(C)cc1)C(=O)CCCN(c1cc(C)ccc1C)S(C)(=O)=O. The second-order valence-electron chi connectivity index (χ2n) is 9.45. The number of anilines is 1. The summed E-state index contributed by atoms with van der Waals surface area (Å²) in [7, 11) is -3.53. The monoisotopic (exact) mass is 515 g/mol. The zero-order valence-electron chi connectivity index (χ0n) is 22.5. The first-order chi connectivity index (χ1) is 17.0. The van der Waals surface area contributed by atoms with Crippen molar-refractivity contribution in [2.24, 2.45) is 0 Å². The first-order valence-electron chi connectivity index (χ1n) is 12.7. The maximum absolute atomic E-state index is 13.5. The molecule has 0 bridgehead atoms. The first kappa shape index (κ1) is 29.4. The summed E-state index contributed by atoms with van der Waals surface area (Å²) in [5.74, 6) is -0.323. The Bertz CT molecular complexity index is 1130. The van der Waals surface area contributed by atoms with Gasteiger partial charge in [0.15, 0.2) is 0 Å². The van der Waals surface area contributed by atoms with E-state index in [1.54, 1.807) is 4.90 Å². The Labute approximate surface area is 216 Å². The van der Waals surface area contributed by atoms with E-state index in [1.165, 1.54) is 10.6 Å². The molecule has 0 saturated heterocycles. The van der Waals surface area contributed by atoms with E-state index in [1.807, 2.05) is 77.1 Å². The molecule has 2 aromatic rings. The van der Waals surface area contributed by atoms with Crippen LogP contribution in [0.15, 0.2) is 42.5 Å². The molecule has 2 amide bonds. The average Bonchev–Trinajstić information content (AvgIpc) is 2.82. The fourth-order valence-electron chi connectivity index (χ4n) is 4.15. The zero-order chi connectivity index (χ0) is 26.9. The van der Waals surface area contributed by atoms with Crippen LogP contribution in [0.5, 0.6) is 0 Å². The average molecular weight is 516 g/mol. The van der Waals surface area contributed by atoms with Crippen molar-refractivity contribution in [3.63, 3.8) is 0 Å². The predicted octanol–water partition coefficient (Wildman–Crippen LogP) is 4.49. The number of amides is 2. The van der Waals surface area contributed by atoms with Gasteiger partial charge in [-0.2, -0.15) is 0 Å². The van der Waals surface area contributed by atoms with Gasteiger partial charge in [0.05, 0.1) is 11.9 Å². The molecule has 198 valence electrons. The van der Waals surface area contributed by atoms with Crippen LogP contribution in [0, 0.1) is 20.8 Å². The number of carbonyl (C=O) groups is 2. The van der Waals surface area contributed by atoms with Gasteiger partial charge in [0.25, 0.3) is 0 Å². The summed E-state index contributed by atoms with van der Waals surface area (Å²) in [5, 5.41) is 2.92. The molecule has 0 aliphatic carbocycles. The molecule has 1 unspecified atom stereocenters. The minimum absolute atomic E-state index is 0.139. The molecule has 0 heterocycles. The summed E-state index contributed by atoms with van der Waals surface area (Å²) >= 11 is 0.